The summed E-state index contributed by atoms with van der Waals surface area (Å²) >= 11 is 0. The minimum absolute atomic E-state index is 0.0102. The van der Waals surface area contributed by atoms with Crippen LogP contribution in [0.4, 0.5) is 13.2 Å². The number of nitrogens with zero attached hydrogens (tertiary/aromatic N) is 3. The average molecular weight is 470 g/mol. The lowest BCUT2D eigenvalue weighted by Gasteiger charge is -2.15. The van der Waals surface area contributed by atoms with Crippen LogP contribution >= 0.6 is 0 Å². The van der Waals surface area contributed by atoms with Gasteiger partial charge in [0, 0.05) is 6.26 Å². The first-order valence-corrected chi connectivity index (χ1v) is 11.0. The molecule has 9 nitrogen and oxygen atoms in total. The summed E-state index contributed by atoms with van der Waals surface area (Å²) in [7, 11) is -3.64. The fourth-order valence-electron chi connectivity index (χ4n) is 2.94. The van der Waals surface area contributed by atoms with Crippen molar-refractivity contribution >= 4 is 26.6 Å². The Kier molecular flexibility index (Phi) is 6.21. The first-order chi connectivity index (χ1) is 14.8. The summed E-state index contributed by atoms with van der Waals surface area (Å²) in [5.41, 5.74) is -0.286. The molecule has 0 bridgehead atoms. The molecule has 1 atom stereocenters. The van der Waals surface area contributed by atoms with Gasteiger partial charge in [-0.15, -0.1) is 18.3 Å². The fourth-order valence-corrected chi connectivity index (χ4v) is 3.77. The van der Waals surface area contributed by atoms with Gasteiger partial charge in [0.2, 0.25) is 5.91 Å². The molecule has 0 fully saturated rings. The zero-order valence-electron chi connectivity index (χ0n) is 16.8. The number of benzene rings is 2. The Balaban J connectivity index is 1.75. The molecule has 3 aromatic rings. The Bertz CT molecular complexity index is 1320. The number of hydrogen-bond acceptors (Lipinski definition) is 7. The number of halogens is 3. The van der Waals surface area contributed by atoms with E-state index in [9.17, 15) is 31.2 Å². The quantitative estimate of drug-likeness (QED) is 0.585. The summed E-state index contributed by atoms with van der Waals surface area (Å²) in [6.07, 6.45) is -3.83. The highest BCUT2D eigenvalue weighted by Crippen LogP contribution is 2.24. The highest BCUT2D eigenvalue weighted by Gasteiger charge is 2.31. The van der Waals surface area contributed by atoms with Crippen molar-refractivity contribution in [3.63, 3.8) is 0 Å². The number of carbonyl (C=O) groups is 1. The van der Waals surface area contributed by atoms with E-state index in [1.165, 1.54) is 30.3 Å². The molecule has 0 radical (unpaired) electrons. The molecule has 170 valence electrons. The Labute approximate surface area is 179 Å². The SMILES string of the molecule is CC(NC(=O)Cn1nnc2c(S(C)(=O)=O)cccc2c1=O)c1ccc(OC(F)(F)F)cc1. The molecule has 1 amide bonds. The molecule has 1 unspecified atom stereocenters. The Hall–Kier alpha value is -3.48. The van der Waals surface area contributed by atoms with Gasteiger partial charge in [-0.3, -0.25) is 9.59 Å². The molecular formula is C19H17F3N4O5S. The number of amides is 1. The van der Waals surface area contributed by atoms with Crippen molar-refractivity contribution in [3.8, 4) is 5.75 Å². The first-order valence-electron chi connectivity index (χ1n) is 9.07. The van der Waals surface area contributed by atoms with E-state index in [0.29, 0.717) is 5.56 Å². The summed E-state index contributed by atoms with van der Waals surface area (Å²) < 4.78 is 65.0. The summed E-state index contributed by atoms with van der Waals surface area (Å²) in [6, 6.07) is 8.43. The molecular weight excluding hydrogens is 453 g/mol. The molecule has 32 heavy (non-hydrogen) atoms. The van der Waals surface area contributed by atoms with Crippen molar-refractivity contribution in [1.29, 1.82) is 0 Å². The van der Waals surface area contributed by atoms with E-state index in [4.69, 9.17) is 0 Å². The predicted molar refractivity (Wildman–Crippen MR) is 107 cm³/mol. The lowest BCUT2D eigenvalue weighted by Crippen LogP contribution is -2.35. The molecule has 1 aromatic heterocycles. The molecule has 3 rings (SSSR count). The van der Waals surface area contributed by atoms with Gasteiger partial charge in [-0.1, -0.05) is 23.4 Å². The molecule has 0 saturated heterocycles. The number of aromatic nitrogens is 3. The number of fused-ring (bicyclic) bond motifs is 1. The number of carbonyl (C=O) groups excluding carboxylic acids is 1. The lowest BCUT2D eigenvalue weighted by molar-refractivity contribution is -0.274. The smallest absolute Gasteiger partial charge is 0.406 e. The molecule has 0 aliphatic rings. The molecule has 0 saturated carbocycles. The summed E-state index contributed by atoms with van der Waals surface area (Å²) in [5.74, 6) is -1.01. The summed E-state index contributed by atoms with van der Waals surface area (Å²) in [4.78, 5) is 24.8. The number of ether oxygens (including phenoxy) is 1. The normalized spacial score (nSPS) is 13.0. The Morgan fingerprint density at radius 1 is 1.19 bits per heavy atom. The van der Waals surface area contributed by atoms with Crippen LogP contribution in [0.2, 0.25) is 0 Å². The van der Waals surface area contributed by atoms with E-state index in [2.05, 4.69) is 20.4 Å². The van der Waals surface area contributed by atoms with E-state index in [1.54, 1.807) is 6.92 Å². The standard InChI is InChI=1S/C19H17F3N4O5S/c1-11(12-6-8-13(9-7-12)31-19(20,21)22)23-16(27)10-26-18(28)14-4-3-5-15(32(2,29)30)17(14)24-25-26/h3-9,11H,10H2,1-2H3,(H,23,27). The van der Waals surface area contributed by atoms with Crippen molar-refractivity contribution in [2.45, 2.75) is 30.8 Å². The van der Waals surface area contributed by atoms with E-state index in [1.807, 2.05) is 0 Å². The number of rotatable bonds is 6. The van der Waals surface area contributed by atoms with Gasteiger partial charge in [0.15, 0.2) is 9.84 Å². The molecule has 13 heteroatoms. The third-order valence-corrected chi connectivity index (χ3v) is 5.53. The van der Waals surface area contributed by atoms with E-state index >= 15 is 0 Å². The van der Waals surface area contributed by atoms with Crippen LogP contribution in [-0.2, 0) is 21.2 Å². The molecule has 1 N–H and O–H groups in total. The van der Waals surface area contributed by atoms with Crippen molar-refractivity contribution in [3.05, 3.63) is 58.4 Å². The van der Waals surface area contributed by atoms with Gasteiger partial charge in [0.1, 0.15) is 17.8 Å². The lowest BCUT2D eigenvalue weighted by atomic mass is 10.1. The maximum absolute atomic E-state index is 12.6. The third kappa shape index (κ3) is 5.41. The number of alkyl halides is 3. The van der Waals surface area contributed by atoms with Crippen LogP contribution in [0.15, 0.2) is 52.2 Å². The second-order valence-electron chi connectivity index (χ2n) is 6.88. The van der Waals surface area contributed by atoms with Crippen LogP contribution < -0.4 is 15.6 Å². The van der Waals surface area contributed by atoms with Gasteiger partial charge in [0.05, 0.1) is 16.3 Å². The molecule has 0 aliphatic heterocycles. The summed E-state index contributed by atoms with van der Waals surface area (Å²) in [5, 5.41) is 10.0. The van der Waals surface area contributed by atoms with Crippen molar-refractivity contribution in [2.75, 3.05) is 6.26 Å². The Morgan fingerprint density at radius 2 is 1.84 bits per heavy atom. The molecule has 0 aliphatic carbocycles. The predicted octanol–water partition coefficient (Wildman–Crippen LogP) is 1.97. The zero-order chi connectivity index (χ0) is 23.7. The average Bonchev–Trinajstić information content (AvgIpc) is 2.68. The van der Waals surface area contributed by atoms with Crippen molar-refractivity contribution in [1.82, 2.24) is 20.3 Å². The first kappa shape index (κ1) is 23.2. The number of nitrogens with one attached hydrogen (secondary N) is 1. The van der Waals surface area contributed by atoms with E-state index < -0.39 is 46.0 Å². The van der Waals surface area contributed by atoms with Crippen LogP contribution in [0.3, 0.4) is 0 Å². The molecule has 1 heterocycles. The van der Waals surface area contributed by atoms with Gasteiger partial charge in [0.25, 0.3) is 5.56 Å². The minimum Gasteiger partial charge on any atom is -0.406 e. The summed E-state index contributed by atoms with van der Waals surface area (Å²) in [6.45, 7) is 1.11. The third-order valence-electron chi connectivity index (χ3n) is 4.40. The highest BCUT2D eigenvalue weighted by molar-refractivity contribution is 7.91. The second-order valence-corrected chi connectivity index (χ2v) is 8.87. The zero-order valence-corrected chi connectivity index (χ0v) is 17.6. The molecule has 2 aromatic carbocycles. The van der Waals surface area contributed by atoms with Crippen LogP contribution in [0, 0.1) is 0 Å². The Morgan fingerprint density at radius 3 is 2.44 bits per heavy atom. The monoisotopic (exact) mass is 470 g/mol. The van der Waals surface area contributed by atoms with Gasteiger partial charge >= 0.3 is 6.36 Å². The van der Waals surface area contributed by atoms with Crippen molar-refractivity contribution in [2.24, 2.45) is 0 Å². The van der Waals surface area contributed by atoms with Gasteiger partial charge in [-0.05, 0) is 36.8 Å². The second kappa shape index (κ2) is 8.57. The van der Waals surface area contributed by atoms with Gasteiger partial charge in [-0.2, -0.15) is 0 Å². The number of hydrogen-bond donors (Lipinski definition) is 1. The van der Waals surface area contributed by atoms with E-state index in [0.717, 1.165) is 23.1 Å². The number of sulfone groups is 1. The van der Waals surface area contributed by atoms with Crippen LogP contribution in [0.25, 0.3) is 10.9 Å². The highest BCUT2D eigenvalue weighted by atomic mass is 32.2. The fraction of sp³-hybridized carbons (Fsp3) is 0.263. The minimum atomic E-state index is -4.81. The van der Waals surface area contributed by atoms with Crippen LogP contribution in [-0.4, -0.2) is 41.9 Å². The van der Waals surface area contributed by atoms with Crippen molar-refractivity contribution < 1.29 is 31.1 Å². The van der Waals surface area contributed by atoms with Crippen LogP contribution in [0.5, 0.6) is 5.75 Å². The maximum atomic E-state index is 12.6. The topological polar surface area (TPSA) is 120 Å². The molecule has 0 spiro atoms. The van der Waals surface area contributed by atoms with Gasteiger partial charge < -0.3 is 10.1 Å². The van der Waals surface area contributed by atoms with E-state index in [-0.39, 0.29) is 15.8 Å². The maximum Gasteiger partial charge on any atom is 0.573 e. The van der Waals surface area contributed by atoms with Gasteiger partial charge in [-0.25, -0.2) is 13.1 Å². The van der Waals surface area contributed by atoms with Crippen LogP contribution in [0.1, 0.15) is 18.5 Å². The largest absolute Gasteiger partial charge is 0.573 e.